The van der Waals surface area contributed by atoms with E-state index in [1.807, 2.05) is 6.92 Å². The molecule has 0 amide bonds. The van der Waals surface area contributed by atoms with Crippen LogP contribution in [0, 0.1) is 6.92 Å². The minimum absolute atomic E-state index is 0.521. The molecule has 0 bridgehead atoms. The second-order valence-corrected chi connectivity index (χ2v) is 6.46. The Labute approximate surface area is 129 Å². The molecule has 0 spiro atoms. The lowest BCUT2D eigenvalue weighted by molar-refractivity contribution is 0.634. The number of nitrogens with one attached hydrogen (secondary N) is 1. The van der Waals surface area contributed by atoms with Crippen LogP contribution >= 0.6 is 11.6 Å². The van der Waals surface area contributed by atoms with Gasteiger partial charge in [0.05, 0.1) is 0 Å². The Morgan fingerprint density at radius 3 is 2.81 bits per heavy atom. The van der Waals surface area contributed by atoms with Crippen molar-refractivity contribution in [1.82, 2.24) is 9.97 Å². The van der Waals surface area contributed by atoms with Crippen LogP contribution in [0.25, 0.3) is 0 Å². The zero-order valence-corrected chi connectivity index (χ0v) is 12.8. The van der Waals surface area contributed by atoms with E-state index in [0.717, 1.165) is 30.2 Å². The molecule has 108 valence electrons. The minimum atomic E-state index is 0.521. The lowest BCUT2D eigenvalue weighted by Crippen LogP contribution is -2.25. The summed E-state index contributed by atoms with van der Waals surface area (Å²) >= 11 is 6.24. The Hall–Kier alpha value is -1.61. The average Bonchev–Trinajstić information content (AvgIpc) is 3.28. The lowest BCUT2D eigenvalue weighted by atomic mass is 9.77. The topological polar surface area (TPSA) is 37.8 Å². The summed E-state index contributed by atoms with van der Waals surface area (Å²) in [5.74, 6) is 2.91. The molecule has 1 heterocycles. The van der Waals surface area contributed by atoms with Gasteiger partial charge in [0.25, 0.3) is 0 Å². The zero-order valence-electron chi connectivity index (χ0n) is 12.1. The van der Waals surface area contributed by atoms with Crippen molar-refractivity contribution in [2.45, 2.75) is 38.0 Å². The molecule has 0 aliphatic heterocycles. The number of hydrogen-bond donors (Lipinski definition) is 1. The van der Waals surface area contributed by atoms with Crippen LogP contribution in [0.2, 0.25) is 5.15 Å². The van der Waals surface area contributed by atoms with Gasteiger partial charge in [0, 0.05) is 23.9 Å². The van der Waals surface area contributed by atoms with Gasteiger partial charge in [-0.05, 0) is 37.3 Å². The SMILES string of the molecule is Cc1c(Cl)nc(C2CC2)nc1NCC1Cc2ccccc21. The van der Waals surface area contributed by atoms with Gasteiger partial charge < -0.3 is 5.32 Å². The van der Waals surface area contributed by atoms with Gasteiger partial charge >= 0.3 is 0 Å². The molecule has 2 aromatic rings. The molecule has 4 rings (SSSR count). The fraction of sp³-hybridized carbons (Fsp3) is 0.412. The van der Waals surface area contributed by atoms with E-state index in [0.29, 0.717) is 17.0 Å². The zero-order chi connectivity index (χ0) is 14.4. The first kappa shape index (κ1) is 13.1. The number of hydrogen-bond acceptors (Lipinski definition) is 3. The quantitative estimate of drug-likeness (QED) is 0.865. The van der Waals surface area contributed by atoms with Crippen molar-refractivity contribution in [1.29, 1.82) is 0 Å². The second-order valence-electron chi connectivity index (χ2n) is 6.10. The molecule has 2 aliphatic carbocycles. The fourth-order valence-electron chi connectivity index (χ4n) is 2.97. The number of fused-ring (bicyclic) bond motifs is 1. The summed E-state index contributed by atoms with van der Waals surface area (Å²) in [4.78, 5) is 9.08. The standard InChI is InChI=1S/C17H18ClN3/c1-10-15(18)20-17(11-6-7-11)21-16(10)19-9-13-8-12-4-2-3-5-14(12)13/h2-5,11,13H,6-9H2,1H3,(H,19,20,21). The van der Waals surface area contributed by atoms with Gasteiger partial charge in [-0.25, -0.2) is 9.97 Å². The van der Waals surface area contributed by atoms with E-state index < -0.39 is 0 Å². The molecule has 1 N–H and O–H groups in total. The molecule has 0 radical (unpaired) electrons. The maximum absolute atomic E-state index is 6.24. The Morgan fingerprint density at radius 1 is 1.24 bits per heavy atom. The van der Waals surface area contributed by atoms with Crippen LogP contribution in [0.15, 0.2) is 24.3 Å². The molecule has 1 atom stereocenters. The first-order valence-corrected chi connectivity index (χ1v) is 7.96. The van der Waals surface area contributed by atoms with Gasteiger partial charge in [0.15, 0.2) is 0 Å². The maximum atomic E-state index is 6.24. The molecular formula is C17H18ClN3. The van der Waals surface area contributed by atoms with Crippen molar-refractivity contribution in [3.05, 3.63) is 51.9 Å². The van der Waals surface area contributed by atoms with Crippen LogP contribution < -0.4 is 5.32 Å². The van der Waals surface area contributed by atoms with Crippen LogP contribution in [-0.2, 0) is 6.42 Å². The third kappa shape index (κ3) is 2.40. The largest absolute Gasteiger partial charge is 0.369 e. The van der Waals surface area contributed by atoms with Crippen LogP contribution in [0.3, 0.4) is 0 Å². The Bertz CT molecular complexity index is 694. The Morgan fingerprint density at radius 2 is 2.05 bits per heavy atom. The molecule has 2 aliphatic rings. The first-order chi connectivity index (χ1) is 10.2. The number of rotatable bonds is 4. The van der Waals surface area contributed by atoms with E-state index in [-0.39, 0.29) is 0 Å². The molecule has 1 aromatic carbocycles. The lowest BCUT2D eigenvalue weighted by Gasteiger charge is -2.30. The molecule has 0 saturated heterocycles. The van der Waals surface area contributed by atoms with E-state index in [1.165, 1.54) is 24.0 Å². The van der Waals surface area contributed by atoms with Gasteiger partial charge in [-0.1, -0.05) is 35.9 Å². The van der Waals surface area contributed by atoms with Gasteiger partial charge in [-0.15, -0.1) is 0 Å². The first-order valence-electron chi connectivity index (χ1n) is 7.58. The summed E-state index contributed by atoms with van der Waals surface area (Å²) in [7, 11) is 0. The minimum Gasteiger partial charge on any atom is -0.369 e. The van der Waals surface area contributed by atoms with Gasteiger partial charge in [-0.3, -0.25) is 0 Å². The highest BCUT2D eigenvalue weighted by molar-refractivity contribution is 6.30. The van der Waals surface area contributed by atoms with Crippen molar-refractivity contribution in [2.75, 3.05) is 11.9 Å². The second kappa shape index (κ2) is 4.99. The van der Waals surface area contributed by atoms with Crippen molar-refractivity contribution < 1.29 is 0 Å². The Balaban J connectivity index is 1.50. The molecule has 4 heteroatoms. The highest BCUT2D eigenvalue weighted by atomic mass is 35.5. The molecule has 1 aromatic heterocycles. The number of halogens is 1. The highest BCUT2D eigenvalue weighted by Crippen LogP contribution is 2.40. The maximum Gasteiger partial charge on any atom is 0.137 e. The van der Waals surface area contributed by atoms with E-state index >= 15 is 0 Å². The summed E-state index contributed by atoms with van der Waals surface area (Å²) in [6, 6.07) is 8.66. The molecule has 21 heavy (non-hydrogen) atoms. The fourth-order valence-corrected chi connectivity index (χ4v) is 3.14. The van der Waals surface area contributed by atoms with E-state index in [9.17, 15) is 0 Å². The summed E-state index contributed by atoms with van der Waals surface area (Å²) < 4.78 is 0. The van der Waals surface area contributed by atoms with Crippen LogP contribution in [-0.4, -0.2) is 16.5 Å². The van der Waals surface area contributed by atoms with E-state index in [2.05, 4.69) is 39.6 Å². The number of anilines is 1. The van der Waals surface area contributed by atoms with E-state index in [4.69, 9.17) is 11.6 Å². The third-order valence-electron chi connectivity index (χ3n) is 4.52. The predicted octanol–water partition coefficient (Wildman–Crippen LogP) is 4.07. The average molecular weight is 300 g/mol. The number of nitrogens with zero attached hydrogens (tertiary/aromatic N) is 2. The van der Waals surface area contributed by atoms with Crippen molar-refractivity contribution >= 4 is 17.4 Å². The van der Waals surface area contributed by atoms with Crippen molar-refractivity contribution in [3.63, 3.8) is 0 Å². The summed E-state index contributed by atoms with van der Waals surface area (Å²) in [5, 5.41) is 4.07. The van der Waals surface area contributed by atoms with Gasteiger partial charge in [-0.2, -0.15) is 0 Å². The highest BCUT2D eigenvalue weighted by Gasteiger charge is 2.29. The van der Waals surface area contributed by atoms with Crippen molar-refractivity contribution in [3.8, 4) is 0 Å². The molecule has 1 unspecified atom stereocenters. The smallest absolute Gasteiger partial charge is 0.137 e. The summed E-state index contributed by atoms with van der Waals surface area (Å²) in [5.41, 5.74) is 3.89. The third-order valence-corrected chi connectivity index (χ3v) is 4.89. The molecular weight excluding hydrogens is 282 g/mol. The Kier molecular flexibility index (Phi) is 3.11. The normalized spacial score (nSPS) is 19.8. The summed E-state index contributed by atoms with van der Waals surface area (Å²) in [6.07, 6.45) is 3.53. The predicted molar refractivity (Wildman–Crippen MR) is 85.1 cm³/mol. The summed E-state index contributed by atoms with van der Waals surface area (Å²) in [6.45, 7) is 2.89. The van der Waals surface area contributed by atoms with E-state index in [1.54, 1.807) is 0 Å². The number of benzene rings is 1. The van der Waals surface area contributed by atoms with Crippen LogP contribution in [0.4, 0.5) is 5.82 Å². The molecule has 1 fully saturated rings. The molecule has 3 nitrogen and oxygen atoms in total. The van der Waals surface area contributed by atoms with Crippen LogP contribution in [0.1, 0.15) is 47.2 Å². The van der Waals surface area contributed by atoms with Gasteiger partial charge in [0.1, 0.15) is 16.8 Å². The van der Waals surface area contributed by atoms with Crippen molar-refractivity contribution in [2.24, 2.45) is 0 Å². The van der Waals surface area contributed by atoms with Gasteiger partial charge in [0.2, 0.25) is 0 Å². The monoisotopic (exact) mass is 299 g/mol. The molecule has 1 saturated carbocycles. The number of aromatic nitrogens is 2. The van der Waals surface area contributed by atoms with Crippen LogP contribution in [0.5, 0.6) is 0 Å².